The number of nitrogens with zero attached hydrogens (tertiary/aromatic N) is 1. The Hall–Kier alpha value is -2.61. The topological polar surface area (TPSA) is 22.0 Å². The molecule has 0 amide bonds. The molecule has 0 aliphatic carbocycles. The number of fused-ring (bicyclic) bond motifs is 1. The van der Waals surface area contributed by atoms with Gasteiger partial charge in [-0.2, -0.15) is 0 Å². The second-order valence-electron chi connectivity index (χ2n) is 5.45. The van der Waals surface area contributed by atoms with Crippen LogP contribution in [0.4, 0.5) is 0 Å². The fourth-order valence-corrected chi connectivity index (χ4v) is 2.65. The van der Waals surface area contributed by atoms with E-state index in [2.05, 4.69) is 29.8 Å². The second kappa shape index (κ2) is 6.02. The quantitative estimate of drug-likeness (QED) is 0.496. The van der Waals surface area contributed by atoms with E-state index in [0.717, 1.165) is 23.2 Å². The molecule has 2 aromatic carbocycles. The predicted octanol–water partition coefficient (Wildman–Crippen LogP) is 4.87. The summed E-state index contributed by atoms with van der Waals surface area (Å²) in [6.45, 7) is 5.06. The van der Waals surface area contributed by atoms with Crippen LogP contribution in [-0.2, 0) is 6.54 Å². The smallest absolute Gasteiger partial charge is 0.185 e. The third-order valence-corrected chi connectivity index (χ3v) is 3.91. The van der Waals surface area contributed by atoms with E-state index in [1.54, 1.807) is 6.08 Å². The number of benzene rings is 2. The van der Waals surface area contributed by atoms with Crippen LogP contribution in [0.2, 0.25) is 0 Å². The monoisotopic (exact) mass is 289 g/mol. The maximum Gasteiger partial charge on any atom is 0.185 e. The highest BCUT2D eigenvalue weighted by Crippen LogP contribution is 2.22. The first kappa shape index (κ1) is 14.3. The summed E-state index contributed by atoms with van der Waals surface area (Å²) < 4.78 is 2.20. The summed E-state index contributed by atoms with van der Waals surface area (Å²) in [6.07, 6.45) is 5.67. The zero-order valence-corrected chi connectivity index (χ0v) is 12.9. The first-order valence-corrected chi connectivity index (χ1v) is 7.56. The Labute approximate surface area is 130 Å². The first-order chi connectivity index (χ1) is 10.7. The summed E-state index contributed by atoms with van der Waals surface area (Å²) in [4.78, 5) is 12.2. The van der Waals surface area contributed by atoms with Gasteiger partial charge in [0, 0.05) is 34.8 Å². The van der Waals surface area contributed by atoms with E-state index in [9.17, 15) is 4.79 Å². The van der Waals surface area contributed by atoms with Gasteiger partial charge in [-0.05, 0) is 32.1 Å². The van der Waals surface area contributed by atoms with Crippen molar-refractivity contribution in [3.63, 3.8) is 0 Å². The number of para-hydroxylation sites is 1. The van der Waals surface area contributed by atoms with Gasteiger partial charge in [0.15, 0.2) is 5.78 Å². The van der Waals surface area contributed by atoms with Gasteiger partial charge in [0.05, 0.1) is 0 Å². The van der Waals surface area contributed by atoms with Crippen molar-refractivity contribution in [3.05, 3.63) is 77.5 Å². The van der Waals surface area contributed by atoms with Crippen LogP contribution < -0.4 is 0 Å². The molecule has 0 spiro atoms. The van der Waals surface area contributed by atoms with Gasteiger partial charge in [-0.15, -0.1) is 0 Å². The number of carbonyl (C=O) groups is 1. The van der Waals surface area contributed by atoms with Crippen LogP contribution in [0.3, 0.4) is 0 Å². The van der Waals surface area contributed by atoms with Crippen LogP contribution in [0.15, 0.2) is 60.8 Å². The lowest BCUT2D eigenvalue weighted by atomic mass is 10.1. The number of ketones is 1. The van der Waals surface area contributed by atoms with Crippen molar-refractivity contribution in [2.75, 3.05) is 0 Å². The summed E-state index contributed by atoms with van der Waals surface area (Å²) in [7, 11) is 0. The first-order valence-electron chi connectivity index (χ1n) is 7.56. The highest BCUT2D eigenvalue weighted by Gasteiger charge is 2.06. The molecule has 0 saturated heterocycles. The molecule has 0 aliphatic rings. The molecule has 0 radical (unpaired) electrons. The van der Waals surface area contributed by atoms with Crippen molar-refractivity contribution in [1.82, 2.24) is 4.57 Å². The Kier molecular flexibility index (Phi) is 3.92. The average Bonchev–Trinajstić information content (AvgIpc) is 2.91. The van der Waals surface area contributed by atoms with Crippen LogP contribution in [0.5, 0.6) is 0 Å². The molecular weight excluding hydrogens is 270 g/mol. The minimum atomic E-state index is 0.0355. The number of rotatable bonds is 4. The van der Waals surface area contributed by atoms with Crippen molar-refractivity contribution in [2.45, 2.75) is 20.4 Å². The molecule has 3 aromatic rings. The molecule has 0 unspecified atom stereocenters. The van der Waals surface area contributed by atoms with Gasteiger partial charge in [0.2, 0.25) is 0 Å². The predicted molar refractivity (Wildman–Crippen MR) is 92.2 cm³/mol. The second-order valence-corrected chi connectivity index (χ2v) is 5.45. The Morgan fingerprint density at radius 2 is 1.82 bits per heavy atom. The Balaban J connectivity index is 1.92. The van der Waals surface area contributed by atoms with E-state index >= 15 is 0 Å². The van der Waals surface area contributed by atoms with Gasteiger partial charge in [0.1, 0.15) is 0 Å². The molecule has 22 heavy (non-hydrogen) atoms. The van der Waals surface area contributed by atoms with Crippen LogP contribution in [0.1, 0.15) is 28.4 Å². The lowest BCUT2D eigenvalue weighted by molar-refractivity contribution is 0.104. The standard InChI is InChI=1S/C20H19NO/c1-3-21-14-17(18-6-4-5-7-19(18)21)12-13-20(22)16-10-8-15(2)9-11-16/h4-14H,3H2,1-2H3/b13-12+. The molecule has 0 bridgehead atoms. The minimum Gasteiger partial charge on any atom is -0.347 e. The third-order valence-electron chi connectivity index (χ3n) is 3.91. The van der Waals surface area contributed by atoms with Crippen molar-refractivity contribution in [2.24, 2.45) is 0 Å². The summed E-state index contributed by atoms with van der Waals surface area (Å²) in [5.41, 5.74) is 4.16. The van der Waals surface area contributed by atoms with Gasteiger partial charge >= 0.3 is 0 Å². The Morgan fingerprint density at radius 3 is 2.55 bits per heavy atom. The molecule has 0 aliphatic heterocycles. The number of hydrogen-bond donors (Lipinski definition) is 0. The molecule has 1 aromatic heterocycles. The maximum atomic E-state index is 12.2. The summed E-state index contributed by atoms with van der Waals surface area (Å²) >= 11 is 0. The molecule has 0 atom stereocenters. The molecule has 2 nitrogen and oxygen atoms in total. The Morgan fingerprint density at radius 1 is 1.09 bits per heavy atom. The van der Waals surface area contributed by atoms with Crippen LogP contribution >= 0.6 is 0 Å². The Bertz CT molecular complexity index is 838. The maximum absolute atomic E-state index is 12.2. The van der Waals surface area contributed by atoms with Crippen LogP contribution in [0, 0.1) is 6.92 Å². The fourth-order valence-electron chi connectivity index (χ4n) is 2.65. The molecule has 2 heteroatoms. The number of hydrogen-bond acceptors (Lipinski definition) is 1. The molecule has 0 saturated carbocycles. The minimum absolute atomic E-state index is 0.0355. The van der Waals surface area contributed by atoms with Gasteiger partial charge < -0.3 is 4.57 Å². The van der Waals surface area contributed by atoms with E-state index in [1.165, 1.54) is 10.9 Å². The molecule has 0 fully saturated rings. The van der Waals surface area contributed by atoms with Crippen molar-refractivity contribution in [1.29, 1.82) is 0 Å². The SMILES string of the molecule is CCn1cc(/C=C/C(=O)c2ccc(C)cc2)c2ccccc21. The van der Waals surface area contributed by atoms with E-state index in [1.807, 2.05) is 49.4 Å². The highest BCUT2D eigenvalue weighted by atomic mass is 16.1. The normalized spacial score (nSPS) is 11.4. The van der Waals surface area contributed by atoms with E-state index in [4.69, 9.17) is 0 Å². The summed E-state index contributed by atoms with van der Waals surface area (Å²) in [6, 6.07) is 15.9. The van der Waals surface area contributed by atoms with Gasteiger partial charge in [-0.3, -0.25) is 4.79 Å². The van der Waals surface area contributed by atoms with E-state index in [-0.39, 0.29) is 5.78 Å². The highest BCUT2D eigenvalue weighted by molar-refractivity contribution is 6.07. The van der Waals surface area contributed by atoms with Crippen molar-refractivity contribution < 1.29 is 4.79 Å². The van der Waals surface area contributed by atoms with Crippen LogP contribution in [0.25, 0.3) is 17.0 Å². The van der Waals surface area contributed by atoms with Crippen LogP contribution in [-0.4, -0.2) is 10.4 Å². The molecule has 0 N–H and O–H groups in total. The zero-order chi connectivity index (χ0) is 15.5. The molecule has 3 rings (SSSR count). The lowest BCUT2D eigenvalue weighted by Gasteiger charge is -1.98. The van der Waals surface area contributed by atoms with E-state index < -0.39 is 0 Å². The van der Waals surface area contributed by atoms with Gasteiger partial charge in [-0.1, -0.05) is 48.0 Å². The van der Waals surface area contributed by atoms with Crippen molar-refractivity contribution in [3.8, 4) is 0 Å². The number of carbonyl (C=O) groups excluding carboxylic acids is 1. The average molecular weight is 289 g/mol. The third kappa shape index (κ3) is 2.73. The summed E-state index contributed by atoms with van der Waals surface area (Å²) in [5, 5.41) is 1.18. The molecule has 110 valence electrons. The largest absolute Gasteiger partial charge is 0.347 e. The number of aromatic nitrogens is 1. The number of aryl methyl sites for hydroxylation is 2. The zero-order valence-electron chi connectivity index (χ0n) is 12.9. The fraction of sp³-hybridized carbons (Fsp3) is 0.150. The molecule has 1 heterocycles. The molecular formula is C20H19NO. The van der Waals surface area contributed by atoms with Gasteiger partial charge in [-0.25, -0.2) is 0 Å². The van der Waals surface area contributed by atoms with Crippen molar-refractivity contribution >= 4 is 22.8 Å². The number of allylic oxidation sites excluding steroid dienone is 1. The lowest BCUT2D eigenvalue weighted by Crippen LogP contribution is -1.93. The summed E-state index contributed by atoms with van der Waals surface area (Å²) in [5.74, 6) is 0.0355. The van der Waals surface area contributed by atoms with E-state index in [0.29, 0.717) is 0 Å². The van der Waals surface area contributed by atoms with Gasteiger partial charge in [0.25, 0.3) is 0 Å².